The van der Waals surface area contributed by atoms with Crippen LogP contribution in [0, 0.1) is 35.9 Å². The second-order valence-electron chi connectivity index (χ2n) is 8.08. The van der Waals surface area contributed by atoms with Gasteiger partial charge in [-0.3, -0.25) is 0 Å². The quantitative estimate of drug-likeness (QED) is 0.810. The minimum absolute atomic E-state index is 0.105. The van der Waals surface area contributed by atoms with Gasteiger partial charge in [-0.25, -0.2) is 4.39 Å². The molecule has 1 aromatic carbocycles. The molecule has 1 aromatic rings. The molecule has 4 aliphatic rings. The molecule has 21 heavy (non-hydrogen) atoms. The lowest BCUT2D eigenvalue weighted by Crippen LogP contribution is -2.53. The molecule has 1 atom stereocenters. The van der Waals surface area contributed by atoms with Gasteiger partial charge >= 0.3 is 0 Å². The molecule has 0 radical (unpaired) electrons. The first-order valence-electron chi connectivity index (χ1n) is 8.57. The van der Waals surface area contributed by atoms with E-state index in [1.807, 2.05) is 13.0 Å². The van der Waals surface area contributed by atoms with Crippen molar-refractivity contribution in [1.82, 2.24) is 0 Å². The minimum atomic E-state index is -0.105. The summed E-state index contributed by atoms with van der Waals surface area (Å²) >= 11 is 0. The van der Waals surface area contributed by atoms with Crippen LogP contribution in [0.1, 0.15) is 51.0 Å². The van der Waals surface area contributed by atoms with Crippen molar-refractivity contribution in [2.45, 2.75) is 58.4 Å². The van der Waals surface area contributed by atoms with E-state index in [0.717, 1.165) is 29.0 Å². The van der Waals surface area contributed by atoms with Crippen LogP contribution < -0.4 is 5.32 Å². The Morgan fingerprint density at radius 2 is 1.67 bits per heavy atom. The topological polar surface area (TPSA) is 12.0 Å². The third-order valence-electron chi connectivity index (χ3n) is 6.59. The first-order chi connectivity index (χ1) is 10.1. The molecule has 1 unspecified atom stereocenters. The first-order valence-corrected chi connectivity index (χ1v) is 8.57. The van der Waals surface area contributed by atoms with Gasteiger partial charge in [-0.05, 0) is 87.2 Å². The Hall–Kier alpha value is -1.05. The molecule has 0 aromatic heterocycles. The SMILES string of the molecule is Cc1cccc(F)c1NC(C)C12CC3CC(CC(C3)C1)C2. The van der Waals surface area contributed by atoms with E-state index in [0.29, 0.717) is 11.5 Å². The average Bonchev–Trinajstić information content (AvgIpc) is 2.41. The summed E-state index contributed by atoms with van der Waals surface area (Å²) in [6.07, 6.45) is 8.47. The Kier molecular flexibility index (Phi) is 3.06. The predicted molar refractivity (Wildman–Crippen MR) is 84.8 cm³/mol. The molecule has 2 heteroatoms. The number of halogens is 1. The lowest BCUT2D eigenvalue weighted by molar-refractivity contribution is -0.0602. The van der Waals surface area contributed by atoms with Crippen molar-refractivity contribution in [2.24, 2.45) is 23.2 Å². The number of anilines is 1. The van der Waals surface area contributed by atoms with E-state index < -0.39 is 0 Å². The van der Waals surface area contributed by atoms with Gasteiger partial charge < -0.3 is 5.32 Å². The molecule has 0 amide bonds. The summed E-state index contributed by atoms with van der Waals surface area (Å²) in [4.78, 5) is 0. The second kappa shape index (κ2) is 4.72. The van der Waals surface area contributed by atoms with Gasteiger partial charge in [0.1, 0.15) is 5.82 Å². The molecular weight excluding hydrogens is 261 g/mol. The lowest BCUT2D eigenvalue weighted by atomic mass is 9.48. The van der Waals surface area contributed by atoms with Gasteiger partial charge in [0.2, 0.25) is 0 Å². The summed E-state index contributed by atoms with van der Waals surface area (Å²) in [5, 5.41) is 3.56. The van der Waals surface area contributed by atoms with E-state index in [2.05, 4.69) is 12.2 Å². The van der Waals surface area contributed by atoms with E-state index in [1.54, 1.807) is 12.1 Å². The molecule has 0 aliphatic heterocycles. The fourth-order valence-electron chi connectivity index (χ4n) is 5.89. The highest BCUT2D eigenvalue weighted by molar-refractivity contribution is 5.52. The lowest BCUT2D eigenvalue weighted by Gasteiger charge is -2.59. The number of hydrogen-bond donors (Lipinski definition) is 1. The molecule has 114 valence electrons. The molecule has 4 aliphatic carbocycles. The van der Waals surface area contributed by atoms with E-state index >= 15 is 0 Å². The first kappa shape index (κ1) is 13.6. The van der Waals surface area contributed by atoms with E-state index in [-0.39, 0.29) is 5.82 Å². The zero-order valence-corrected chi connectivity index (χ0v) is 13.2. The predicted octanol–water partition coefficient (Wildman–Crippen LogP) is 5.15. The van der Waals surface area contributed by atoms with Crippen LogP contribution in [0.3, 0.4) is 0 Å². The van der Waals surface area contributed by atoms with Gasteiger partial charge in [-0.2, -0.15) is 0 Å². The molecule has 4 saturated carbocycles. The Labute approximate surface area is 127 Å². The summed E-state index contributed by atoms with van der Waals surface area (Å²) in [5.41, 5.74) is 2.16. The molecule has 5 rings (SSSR count). The van der Waals surface area contributed by atoms with E-state index in [1.165, 1.54) is 38.5 Å². The molecule has 0 saturated heterocycles. The Balaban J connectivity index is 1.59. The Morgan fingerprint density at radius 1 is 1.10 bits per heavy atom. The van der Waals surface area contributed by atoms with Crippen molar-refractivity contribution < 1.29 is 4.39 Å². The van der Waals surface area contributed by atoms with Crippen molar-refractivity contribution in [3.05, 3.63) is 29.6 Å². The smallest absolute Gasteiger partial charge is 0.146 e. The van der Waals surface area contributed by atoms with Gasteiger partial charge in [0.15, 0.2) is 0 Å². The number of benzene rings is 1. The maximum absolute atomic E-state index is 14.1. The summed E-state index contributed by atoms with van der Waals surface area (Å²) in [6, 6.07) is 5.74. The van der Waals surface area contributed by atoms with Crippen molar-refractivity contribution in [2.75, 3.05) is 5.32 Å². The van der Waals surface area contributed by atoms with Crippen LogP contribution >= 0.6 is 0 Å². The highest BCUT2D eigenvalue weighted by Crippen LogP contribution is 2.61. The number of hydrogen-bond acceptors (Lipinski definition) is 1. The molecular formula is C19H26FN. The van der Waals surface area contributed by atoms with Crippen molar-refractivity contribution in [3.63, 3.8) is 0 Å². The number of aryl methyl sites for hydroxylation is 1. The van der Waals surface area contributed by atoms with Crippen LogP contribution in [0.4, 0.5) is 10.1 Å². The highest BCUT2D eigenvalue weighted by atomic mass is 19.1. The number of rotatable bonds is 3. The van der Waals surface area contributed by atoms with Gasteiger partial charge in [0, 0.05) is 6.04 Å². The fourth-order valence-corrected chi connectivity index (χ4v) is 5.89. The molecule has 4 fully saturated rings. The van der Waals surface area contributed by atoms with Gasteiger partial charge in [0.05, 0.1) is 5.69 Å². The zero-order chi connectivity index (χ0) is 14.6. The van der Waals surface area contributed by atoms with Gasteiger partial charge in [-0.1, -0.05) is 12.1 Å². The highest BCUT2D eigenvalue weighted by Gasteiger charge is 2.53. The van der Waals surface area contributed by atoms with Crippen LogP contribution in [0.5, 0.6) is 0 Å². The van der Waals surface area contributed by atoms with Crippen molar-refractivity contribution >= 4 is 5.69 Å². The molecule has 1 nitrogen and oxygen atoms in total. The number of nitrogens with one attached hydrogen (secondary N) is 1. The molecule has 1 N–H and O–H groups in total. The van der Waals surface area contributed by atoms with Crippen molar-refractivity contribution in [1.29, 1.82) is 0 Å². The Bertz CT molecular complexity index is 495. The third-order valence-corrected chi connectivity index (χ3v) is 6.59. The van der Waals surface area contributed by atoms with E-state index in [4.69, 9.17) is 0 Å². The number of para-hydroxylation sites is 1. The average molecular weight is 287 g/mol. The molecule has 0 spiro atoms. The Morgan fingerprint density at radius 3 is 2.19 bits per heavy atom. The monoisotopic (exact) mass is 287 g/mol. The normalized spacial score (nSPS) is 38.5. The summed E-state index contributed by atoms with van der Waals surface area (Å²) in [5.74, 6) is 2.73. The maximum Gasteiger partial charge on any atom is 0.146 e. The molecule has 4 bridgehead atoms. The van der Waals surface area contributed by atoms with Crippen LogP contribution in [-0.2, 0) is 0 Å². The molecule has 0 heterocycles. The standard InChI is InChI=1S/C19H26FN/c1-12-4-3-5-17(20)18(12)21-13(2)19-9-14-6-15(10-19)8-16(7-14)11-19/h3-5,13-16,21H,6-11H2,1-2H3. The van der Waals surface area contributed by atoms with Gasteiger partial charge in [-0.15, -0.1) is 0 Å². The maximum atomic E-state index is 14.1. The zero-order valence-electron chi connectivity index (χ0n) is 13.2. The fraction of sp³-hybridized carbons (Fsp3) is 0.684. The van der Waals surface area contributed by atoms with Gasteiger partial charge in [0.25, 0.3) is 0 Å². The summed E-state index contributed by atoms with van der Waals surface area (Å²) < 4.78 is 14.1. The second-order valence-corrected chi connectivity index (χ2v) is 8.08. The summed E-state index contributed by atoms with van der Waals surface area (Å²) in [7, 11) is 0. The van der Waals surface area contributed by atoms with Crippen molar-refractivity contribution in [3.8, 4) is 0 Å². The minimum Gasteiger partial charge on any atom is -0.379 e. The third kappa shape index (κ3) is 2.18. The van der Waals surface area contributed by atoms with Crippen LogP contribution in [-0.4, -0.2) is 6.04 Å². The van der Waals surface area contributed by atoms with E-state index in [9.17, 15) is 4.39 Å². The van der Waals surface area contributed by atoms with Crippen LogP contribution in [0.25, 0.3) is 0 Å². The van der Waals surface area contributed by atoms with Crippen LogP contribution in [0.2, 0.25) is 0 Å². The summed E-state index contributed by atoms with van der Waals surface area (Å²) in [6.45, 7) is 4.29. The van der Waals surface area contributed by atoms with Crippen LogP contribution in [0.15, 0.2) is 18.2 Å². The largest absolute Gasteiger partial charge is 0.379 e.